The van der Waals surface area contributed by atoms with E-state index < -0.39 is 26.6 Å². The zero-order valence-electron chi connectivity index (χ0n) is 24.8. The topological polar surface area (TPSA) is 111 Å². The van der Waals surface area contributed by atoms with Crippen molar-refractivity contribution >= 4 is 27.2 Å². The van der Waals surface area contributed by atoms with Crippen molar-refractivity contribution < 1.29 is 26.7 Å². The predicted molar refractivity (Wildman–Crippen MR) is 163 cm³/mol. The monoisotopic (exact) mass is 628 g/mol. The number of carbonyl (C=O) groups is 1. The molecule has 6 rings (SSSR count). The lowest BCUT2D eigenvalue weighted by Crippen LogP contribution is -2.36. The van der Waals surface area contributed by atoms with E-state index >= 15 is 0 Å². The summed E-state index contributed by atoms with van der Waals surface area (Å²) >= 11 is 0. The van der Waals surface area contributed by atoms with Crippen LogP contribution in [0.4, 0.5) is 20.2 Å². The molecule has 3 aliphatic rings. The Hall–Kier alpha value is -3.39. The SMILES string of the molecule is CN1CCCN(c2ccc(C(=O)Cc3n[nH]c4c3CN(S(=O)(=O)c3cc(F)cc(F)c3)CC4)c(NC3CCOCC3)c2)CC1. The first kappa shape index (κ1) is 30.6. The van der Waals surface area contributed by atoms with E-state index in [0.29, 0.717) is 42.5 Å². The number of ketones is 1. The van der Waals surface area contributed by atoms with E-state index in [-0.39, 0.29) is 31.3 Å². The highest BCUT2D eigenvalue weighted by Gasteiger charge is 2.32. The van der Waals surface area contributed by atoms with E-state index in [1.807, 2.05) is 12.1 Å². The molecule has 0 aliphatic carbocycles. The molecule has 0 spiro atoms. The molecule has 0 atom stereocenters. The van der Waals surface area contributed by atoms with E-state index in [1.54, 1.807) is 0 Å². The molecule has 0 saturated carbocycles. The Kier molecular flexibility index (Phi) is 8.99. The fourth-order valence-corrected chi connectivity index (χ4v) is 7.66. The molecule has 3 aromatic rings. The summed E-state index contributed by atoms with van der Waals surface area (Å²) in [6.07, 6.45) is 3.07. The molecule has 1 aromatic heterocycles. The summed E-state index contributed by atoms with van der Waals surface area (Å²) in [5.41, 5.74) is 4.24. The van der Waals surface area contributed by atoms with Gasteiger partial charge in [0.05, 0.1) is 17.0 Å². The predicted octanol–water partition coefficient (Wildman–Crippen LogP) is 3.59. The van der Waals surface area contributed by atoms with Crippen molar-refractivity contribution in [2.75, 3.05) is 63.2 Å². The summed E-state index contributed by atoms with van der Waals surface area (Å²) in [6, 6.07) is 8.40. The van der Waals surface area contributed by atoms with Gasteiger partial charge in [0.25, 0.3) is 0 Å². The van der Waals surface area contributed by atoms with Crippen molar-refractivity contribution in [3.05, 3.63) is 70.5 Å². The van der Waals surface area contributed by atoms with Crippen molar-refractivity contribution in [1.29, 1.82) is 0 Å². The highest BCUT2D eigenvalue weighted by atomic mass is 32.2. The van der Waals surface area contributed by atoms with Gasteiger partial charge in [-0.15, -0.1) is 0 Å². The zero-order chi connectivity index (χ0) is 30.8. The Morgan fingerprint density at radius 1 is 1.05 bits per heavy atom. The van der Waals surface area contributed by atoms with E-state index in [4.69, 9.17) is 4.74 Å². The van der Waals surface area contributed by atoms with Gasteiger partial charge in [-0.25, -0.2) is 17.2 Å². The van der Waals surface area contributed by atoms with E-state index in [0.717, 1.165) is 74.6 Å². The number of aromatic amines is 1. The molecule has 0 amide bonds. The number of ether oxygens (including phenoxy) is 1. The molecule has 3 aliphatic heterocycles. The number of hydrogen-bond acceptors (Lipinski definition) is 8. The number of H-pyrrole nitrogens is 1. The molecular weight excluding hydrogens is 590 g/mol. The van der Waals surface area contributed by atoms with E-state index in [1.165, 1.54) is 4.31 Å². The summed E-state index contributed by atoms with van der Waals surface area (Å²) in [7, 11) is -2.04. The molecule has 0 radical (unpaired) electrons. The van der Waals surface area contributed by atoms with Gasteiger partial charge in [-0.05, 0) is 63.2 Å². The number of carbonyl (C=O) groups excluding carboxylic acids is 1. The number of hydrogen-bond donors (Lipinski definition) is 2. The van der Waals surface area contributed by atoms with Crippen LogP contribution in [0.5, 0.6) is 0 Å². The van der Waals surface area contributed by atoms with Crippen LogP contribution in [0, 0.1) is 11.6 Å². The lowest BCUT2D eigenvalue weighted by atomic mass is 9.98. The number of nitrogens with zero attached hydrogens (tertiary/aromatic N) is 4. The fourth-order valence-electron chi connectivity index (χ4n) is 6.21. The second-order valence-corrected chi connectivity index (χ2v) is 13.8. The van der Waals surface area contributed by atoms with Crippen molar-refractivity contribution in [2.45, 2.75) is 49.6 Å². The van der Waals surface area contributed by atoms with Crippen molar-refractivity contribution in [2.24, 2.45) is 0 Å². The number of halogens is 2. The van der Waals surface area contributed by atoms with Gasteiger partial charge in [0.15, 0.2) is 5.78 Å². The summed E-state index contributed by atoms with van der Waals surface area (Å²) in [5.74, 6) is -2.06. The van der Waals surface area contributed by atoms with Crippen LogP contribution in [0.1, 0.15) is 46.6 Å². The highest BCUT2D eigenvalue weighted by molar-refractivity contribution is 7.89. The molecule has 2 aromatic carbocycles. The third kappa shape index (κ3) is 6.65. The molecule has 2 N–H and O–H groups in total. The summed E-state index contributed by atoms with van der Waals surface area (Å²) in [4.78, 5) is 18.1. The Morgan fingerprint density at radius 2 is 1.82 bits per heavy atom. The van der Waals surface area contributed by atoms with E-state index in [2.05, 4.69) is 38.4 Å². The van der Waals surface area contributed by atoms with E-state index in [9.17, 15) is 22.0 Å². The van der Waals surface area contributed by atoms with Crippen molar-refractivity contribution in [1.82, 2.24) is 19.4 Å². The van der Waals surface area contributed by atoms with Gasteiger partial charge < -0.3 is 19.9 Å². The number of sulfonamides is 1. The minimum atomic E-state index is -4.17. The summed E-state index contributed by atoms with van der Waals surface area (Å²) in [6.45, 7) is 5.26. The number of rotatable bonds is 8. The number of anilines is 2. The van der Waals surface area contributed by atoms with Gasteiger partial charge in [0.2, 0.25) is 10.0 Å². The number of Topliss-reactive ketones (excluding diaryl/α,β-unsaturated/α-hetero) is 1. The van der Waals surface area contributed by atoms with Gasteiger partial charge >= 0.3 is 0 Å². The molecule has 0 bridgehead atoms. The molecule has 2 saturated heterocycles. The van der Waals surface area contributed by atoms with Crippen LogP contribution in [0.15, 0.2) is 41.3 Å². The standard InChI is InChI=1S/C31H38F2N6O4S/c1-37-8-2-9-38(12-11-37)24-3-4-26(29(18-24)34-23-6-13-43-14-7-23)31(40)19-30-27-20-39(10-5-28(27)35-36-30)44(41,42)25-16-21(32)15-22(33)17-25/h3-4,15-18,23,34H,2,5-14,19-20H2,1H3,(H,35,36). The first-order chi connectivity index (χ1) is 21.2. The lowest BCUT2D eigenvalue weighted by molar-refractivity contribution is 0.0904. The zero-order valence-corrected chi connectivity index (χ0v) is 25.6. The minimum absolute atomic E-state index is 0.0232. The molecule has 44 heavy (non-hydrogen) atoms. The Morgan fingerprint density at radius 3 is 2.59 bits per heavy atom. The number of aromatic nitrogens is 2. The largest absolute Gasteiger partial charge is 0.381 e. The third-order valence-corrected chi connectivity index (χ3v) is 10.6. The number of nitrogens with one attached hydrogen (secondary N) is 2. The van der Waals surface area contributed by atoms with Crippen LogP contribution >= 0.6 is 0 Å². The van der Waals surface area contributed by atoms with Gasteiger partial charge in [0.1, 0.15) is 11.6 Å². The molecule has 4 heterocycles. The molecular formula is C31H38F2N6O4S. The fraction of sp³-hybridized carbons (Fsp3) is 0.484. The van der Waals surface area contributed by atoms with Gasteiger partial charge in [-0.2, -0.15) is 9.40 Å². The summed E-state index contributed by atoms with van der Waals surface area (Å²) < 4.78 is 61.0. The average Bonchev–Trinajstić information content (AvgIpc) is 3.27. The van der Waals surface area contributed by atoms with Gasteiger partial charge in [-0.3, -0.25) is 9.89 Å². The van der Waals surface area contributed by atoms with Crippen molar-refractivity contribution in [3.8, 4) is 0 Å². The Labute approximate surface area is 256 Å². The molecule has 10 nitrogen and oxygen atoms in total. The molecule has 2 fully saturated rings. The van der Waals surface area contributed by atoms with Gasteiger partial charge in [-0.1, -0.05) is 0 Å². The average molecular weight is 629 g/mol. The van der Waals surface area contributed by atoms with Crippen LogP contribution in [0.3, 0.4) is 0 Å². The third-order valence-electron chi connectivity index (χ3n) is 8.76. The molecule has 236 valence electrons. The minimum Gasteiger partial charge on any atom is -0.381 e. The maximum atomic E-state index is 13.9. The quantitative estimate of drug-likeness (QED) is 0.365. The smallest absolute Gasteiger partial charge is 0.243 e. The first-order valence-electron chi connectivity index (χ1n) is 15.1. The Bertz CT molecular complexity index is 1600. The summed E-state index contributed by atoms with van der Waals surface area (Å²) in [5, 5.41) is 11.0. The molecule has 13 heteroatoms. The van der Waals surface area contributed by atoms with Crippen LogP contribution in [-0.4, -0.2) is 92.6 Å². The number of benzene rings is 2. The number of likely N-dealkylation sites (N-methyl/N-ethyl adjacent to an activating group) is 1. The van der Waals surface area contributed by atoms with Crippen molar-refractivity contribution in [3.63, 3.8) is 0 Å². The van der Waals surface area contributed by atoms with Crippen LogP contribution in [0.25, 0.3) is 0 Å². The maximum Gasteiger partial charge on any atom is 0.243 e. The number of fused-ring (bicyclic) bond motifs is 1. The maximum absolute atomic E-state index is 13.9. The van der Waals surface area contributed by atoms with Crippen LogP contribution in [0.2, 0.25) is 0 Å². The Balaban J connectivity index is 1.24. The second-order valence-electron chi connectivity index (χ2n) is 11.8. The second kappa shape index (κ2) is 12.9. The first-order valence-corrected chi connectivity index (χ1v) is 16.6. The highest BCUT2D eigenvalue weighted by Crippen LogP contribution is 2.30. The molecule has 0 unspecified atom stereocenters. The van der Waals surface area contributed by atoms with Crippen LogP contribution in [-0.2, 0) is 34.1 Å². The van der Waals surface area contributed by atoms with Crippen LogP contribution < -0.4 is 10.2 Å². The van der Waals surface area contributed by atoms with Gasteiger partial charge in [0, 0.05) is 92.7 Å². The lowest BCUT2D eigenvalue weighted by Gasteiger charge is -2.28. The normalized spacial score (nSPS) is 19.0.